The van der Waals surface area contributed by atoms with Crippen molar-refractivity contribution in [3.8, 4) is 11.1 Å². The number of nitrogens with one attached hydrogen (secondary N) is 1. The molecule has 2 heteroatoms. The van der Waals surface area contributed by atoms with E-state index in [0.717, 1.165) is 0 Å². The Labute approximate surface area is 181 Å². The Morgan fingerprint density at radius 3 is 2.03 bits per heavy atom. The molecule has 1 aromatic heterocycles. The molecule has 1 aliphatic carbocycles. The summed E-state index contributed by atoms with van der Waals surface area (Å²) in [6.45, 7) is 14.4. The standard InChI is InChI=1S/C27H28BrN/c1-25(2)19-14-18(21(28)15-20(19)26(3,4)27(25,5)6)16-11-9-13-23-24(16)17-10-7-8-12-22(17)29-23/h7-15,29H,1-6H3. The van der Waals surface area contributed by atoms with Crippen LogP contribution in [-0.2, 0) is 10.8 Å². The van der Waals surface area contributed by atoms with Crippen LogP contribution in [0.5, 0.6) is 0 Å². The average molecular weight is 446 g/mol. The largest absolute Gasteiger partial charge is 0.354 e. The number of hydrogen-bond donors (Lipinski definition) is 1. The maximum atomic E-state index is 3.94. The first-order valence-corrected chi connectivity index (χ1v) is 11.2. The van der Waals surface area contributed by atoms with Gasteiger partial charge in [0.1, 0.15) is 0 Å². The number of benzene rings is 3. The first-order chi connectivity index (χ1) is 13.6. The average Bonchev–Trinajstić information content (AvgIpc) is 3.09. The molecule has 1 heterocycles. The molecule has 0 bridgehead atoms. The second-order valence-corrected chi connectivity index (χ2v) is 11.0. The van der Waals surface area contributed by atoms with Crippen LogP contribution in [0.3, 0.4) is 0 Å². The molecule has 0 unspecified atom stereocenters. The van der Waals surface area contributed by atoms with Crippen molar-refractivity contribution in [1.82, 2.24) is 4.98 Å². The highest BCUT2D eigenvalue weighted by molar-refractivity contribution is 9.10. The molecule has 0 saturated heterocycles. The van der Waals surface area contributed by atoms with E-state index < -0.39 is 0 Å². The highest BCUT2D eigenvalue weighted by Gasteiger charge is 2.56. The molecule has 0 saturated carbocycles. The lowest BCUT2D eigenvalue weighted by Crippen LogP contribution is -2.42. The number of fused-ring (bicyclic) bond motifs is 4. The Morgan fingerprint density at radius 1 is 0.690 bits per heavy atom. The van der Waals surface area contributed by atoms with Crippen LogP contribution in [0.25, 0.3) is 32.9 Å². The number of aromatic nitrogens is 1. The number of hydrogen-bond acceptors (Lipinski definition) is 0. The van der Waals surface area contributed by atoms with Gasteiger partial charge in [-0.25, -0.2) is 0 Å². The molecule has 3 aromatic carbocycles. The smallest absolute Gasteiger partial charge is 0.0471 e. The van der Waals surface area contributed by atoms with Crippen LogP contribution >= 0.6 is 15.9 Å². The summed E-state index contributed by atoms with van der Waals surface area (Å²) in [7, 11) is 0. The molecule has 0 spiro atoms. The Hall–Kier alpha value is -2.06. The van der Waals surface area contributed by atoms with Crippen LogP contribution in [0.2, 0.25) is 0 Å². The number of aromatic amines is 1. The van der Waals surface area contributed by atoms with Gasteiger partial charge < -0.3 is 4.98 Å². The molecule has 0 aliphatic heterocycles. The van der Waals surface area contributed by atoms with Crippen molar-refractivity contribution in [3.05, 3.63) is 70.2 Å². The summed E-state index contributed by atoms with van der Waals surface area (Å²) in [6, 6.07) is 20.0. The van der Waals surface area contributed by atoms with Crippen molar-refractivity contribution >= 4 is 37.7 Å². The van der Waals surface area contributed by atoms with Crippen molar-refractivity contribution in [2.24, 2.45) is 5.41 Å². The van der Waals surface area contributed by atoms with Gasteiger partial charge in [-0.15, -0.1) is 0 Å². The predicted molar refractivity (Wildman–Crippen MR) is 129 cm³/mol. The molecule has 0 atom stereocenters. The van der Waals surface area contributed by atoms with E-state index in [0.29, 0.717) is 0 Å². The fourth-order valence-electron chi connectivity index (χ4n) is 5.39. The van der Waals surface area contributed by atoms with E-state index in [1.807, 2.05) is 0 Å². The van der Waals surface area contributed by atoms with Gasteiger partial charge in [0.2, 0.25) is 0 Å². The second kappa shape index (κ2) is 5.76. The van der Waals surface area contributed by atoms with E-state index in [9.17, 15) is 0 Å². The lowest BCUT2D eigenvalue weighted by Gasteiger charge is -2.44. The van der Waals surface area contributed by atoms with Gasteiger partial charge in [-0.3, -0.25) is 0 Å². The van der Waals surface area contributed by atoms with E-state index in [1.165, 1.54) is 48.5 Å². The normalized spacial score (nSPS) is 19.0. The predicted octanol–water partition coefficient (Wildman–Crippen LogP) is 8.35. The first-order valence-electron chi connectivity index (χ1n) is 10.4. The molecule has 0 fully saturated rings. The molecule has 1 aliphatic rings. The third-order valence-electron chi connectivity index (χ3n) is 8.40. The topological polar surface area (TPSA) is 15.8 Å². The third kappa shape index (κ3) is 2.27. The molecule has 0 amide bonds. The summed E-state index contributed by atoms with van der Waals surface area (Å²) < 4.78 is 1.18. The summed E-state index contributed by atoms with van der Waals surface area (Å²) >= 11 is 3.94. The van der Waals surface area contributed by atoms with E-state index in [-0.39, 0.29) is 16.2 Å². The zero-order valence-corrected chi connectivity index (χ0v) is 19.7. The van der Waals surface area contributed by atoms with E-state index in [4.69, 9.17) is 0 Å². The maximum Gasteiger partial charge on any atom is 0.0471 e. The molecule has 29 heavy (non-hydrogen) atoms. The lowest BCUT2D eigenvalue weighted by atomic mass is 9.59. The van der Waals surface area contributed by atoms with Crippen LogP contribution in [-0.4, -0.2) is 4.98 Å². The Kier molecular flexibility index (Phi) is 3.76. The second-order valence-electron chi connectivity index (χ2n) is 10.2. The monoisotopic (exact) mass is 445 g/mol. The maximum absolute atomic E-state index is 3.94. The molecule has 0 radical (unpaired) electrons. The van der Waals surface area contributed by atoms with Crippen molar-refractivity contribution in [2.45, 2.75) is 52.4 Å². The molecule has 5 rings (SSSR count). The van der Waals surface area contributed by atoms with Crippen molar-refractivity contribution < 1.29 is 0 Å². The van der Waals surface area contributed by atoms with Gasteiger partial charge in [0, 0.05) is 26.3 Å². The van der Waals surface area contributed by atoms with Gasteiger partial charge in [-0.1, -0.05) is 87.8 Å². The Balaban J connectivity index is 1.85. The molecule has 4 aromatic rings. The van der Waals surface area contributed by atoms with Crippen molar-refractivity contribution in [1.29, 1.82) is 0 Å². The van der Waals surface area contributed by atoms with Crippen LogP contribution in [0.15, 0.2) is 59.1 Å². The van der Waals surface area contributed by atoms with Crippen LogP contribution in [0.1, 0.15) is 52.7 Å². The summed E-state index contributed by atoms with van der Waals surface area (Å²) in [5.74, 6) is 0. The highest BCUT2D eigenvalue weighted by Crippen LogP contribution is 2.62. The minimum atomic E-state index is 0.0927. The van der Waals surface area contributed by atoms with E-state index in [1.54, 1.807) is 0 Å². The fourth-order valence-corrected chi connectivity index (χ4v) is 5.95. The fraction of sp³-hybridized carbons (Fsp3) is 0.333. The van der Waals surface area contributed by atoms with Gasteiger partial charge >= 0.3 is 0 Å². The third-order valence-corrected chi connectivity index (χ3v) is 9.06. The van der Waals surface area contributed by atoms with Crippen LogP contribution in [0, 0.1) is 5.41 Å². The van der Waals surface area contributed by atoms with Gasteiger partial charge in [0.05, 0.1) is 0 Å². The molecule has 1 nitrogen and oxygen atoms in total. The van der Waals surface area contributed by atoms with Crippen molar-refractivity contribution in [2.75, 3.05) is 0 Å². The number of H-pyrrole nitrogens is 1. The van der Waals surface area contributed by atoms with Crippen LogP contribution in [0.4, 0.5) is 0 Å². The summed E-state index contributed by atoms with van der Waals surface area (Å²) in [5, 5.41) is 2.59. The first kappa shape index (κ1) is 18.9. The molecule has 148 valence electrons. The molecular weight excluding hydrogens is 418 g/mol. The number of halogens is 1. The summed E-state index contributed by atoms with van der Waals surface area (Å²) in [6.07, 6.45) is 0. The summed E-state index contributed by atoms with van der Waals surface area (Å²) in [5.41, 5.74) is 8.25. The molecular formula is C27H28BrN. The number of para-hydroxylation sites is 1. The Morgan fingerprint density at radius 2 is 1.31 bits per heavy atom. The van der Waals surface area contributed by atoms with E-state index in [2.05, 4.69) is 117 Å². The van der Waals surface area contributed by atoms with Gasteiger partial charge in [-0.2, -0.15) is 0 Å². The quantitative estimate of drug-likeness (QED) is 0.302. The SMILES string of the molecule is CC1(C)c2cc(Br)c(-c3cccc4[nH]c5ccccc5c34)cc2C(C)(C)C1(C)C. The zero-order valence-electron chi connectivity index (χ0n) is 18.1. The lowest BCUT2D eigenvalue weighted by molar-refractivity contribution is 0.125. The minimum Gasteiger partial charge on any atom is -0.354 e. The van der Waals surface area contributed by atoms with Crippen molar-refractivity contribution in [3.63, 3.8) is 0 Å². The Bertz CT molecular complexity index is 1290. The molecule has 1 N–H and O–H groups in total. The van der Waals surface area contributed by atoms with Crippen LogP contribution < -0.4 is 0 Å². The van der Waals surface area contributed by atoms with Gasteiger partial charge in [0.25, 0.3) is 0 Å². The number of rotatable bonds is 1. The van der Waals surface area contributed by atoms with E-state index >= 15 is 0 Å². The minimum absolute atomic E-state index is 0.0927. The zero-order chi connectivity index (χ0) is 20.8. The highest BCUT2D eigenvalue weighted by atomic mass is 79.9. The van der Waals surface area contributed by atoms with Gasteiger partial charge in [0.15, 0.2) is 0 Å². The van der Waals surface area contributed by atoms with Gasteiger partial charge in [-0.05, 0) is 62.8 Å². The summed E-state index contributed by atoms with van der Waals surface area (Å²) in [4.78, 5) is 3.59.